The number of aromatic nitrogens is 2. The number of pyridine rings is 1. The van der Waals surface area contributed by atoms with E-state index in [2.05, 4.69) is 9.97 Å². The molecule has 4 aromatic rings. The number of benzene rings is 2. The topological polar surface area (TPSA) is 98.7 Å². The largest absolute Gasteiger partial charge is 0.497 e. The van der Waals surface area contributed by atoms with Crippen LogP contribution in [0.2, 0.25) is 0 Å². The fourth-order valence-electron chi connectivity index (χ4n) is 3.31. The molecule has 2 aromatic heterocycles. The lowest BCUT2D eigenvalue weighted by molar-refractivity contribution is -0.118. The van der Waals surface area contributed by atoms with Crippen LogP contribution in [0.1, 0.15) is 12.1 Å². The normalized spacial score (nSPS) is 11.4. The number of ether oxygens (including phenoxy) is 2. The number of nitrogens with zero attached hydrogens (tertiary/aromatic N) is 3. The molecule has 4 rings (SSSR count). The van der Waals surface area contributed by atoms with Crippen molar-refractivity contribution in [2.24, 2.45) is 0 Å². The van der Waals surface area contributed by atoms with Crippen LogP contribution in [0.3, 0.4) is 0 Å². The molecule has 0 radical (unpaired) electrons. The molecule has 0 N–H and O–H groups in total. The minimum atomic E-state index is -3.65. The van der Waals surface area contributed by atoms with Gasteiger partial charge in [0.2, 0.25) is 5.91 Å². The average Bonchev–Trinajstić information content (AvgIpc) is 3.29. The molecule has 0 aliphatic heterocycles. The van der Waals surface area contributed by atoms with E-state index in [1.165, 1.54) is 35.5 Å². The fourth-order valence-corrected chi connectivity index (χ4v) is 5.55. The van der Waals surface area contributed by atoms with Crippen molar-refractivity contribution in [3.63, 3.8) is 0 Å². The Morgan fingerprint density at radius 1 is 1.00 bits per heavy atom. The number of anilines is 1. The highest BCUT2D eigenvalue weighted by Crippen LogP contribution is 2.32. The predicted octanol–water partition coefficient (Wildman–Crippen LogP) is 4.11. The molecule has 0 fully saturated rings. The quantitative estimate of drug-likeness (QED) is 0.343. The van der Waals surface area contributed by atoms with Gasteiger partial charge in [0.15, 0.2) is 15.0 Å². The van der Waals surface area contributed by atoms with Gasteiger partial charge in [-0.1, -0.05) is 17.4 Å². The summed E-state index contributed by atoms with van der Waals surface area (Å²) < 4.78 is 36.9. The highest BCUT2D eigenvalue weighted by Gasteiger charge is 2.24. The van der Waals surface area contributed by atoms with Gasteiger partial charge in [0.1, 0.15) is 11.5 Å². The van der Waals surface area contributed by atoms with E-state index in [0.717, 1.165) is 10.2 Å². The van der Waals surface area contributed by atoms with Gasteiger partial charge in [0.05, 0.1) is 47.3 Å². The zero-order valence-electron chi connectivity index (χ0n) is 18.7. The number of hydrogen-bond acceptors (Lipinski definition) is 8. The Kier molecular flexibility index (Phi) is 7.09. The summed E-state index contributed by atoms with van der Waals surface area (Å²) in [6.45, 7) is 0.180. The average molecular weight is 498 g/mol. The summed E-state index contributed by atoms with van der Waals surface area (Å²) in [7, 11) is -0.558. The molecule has 0 atom stereocenters. The van der Waals surface area contributed by atoms with E-state index < -0.39 is 9.84 Å². The second-order valence-electron chi connectivity index (χ2n) is 7.38. The van der Waals surface area contributed by atoms with Crippen molar-refractivity contribution in [1.29, 1.82) is 0 Å². The van der Waals surface area contributed by atoms with E-state index in [1.54, 1.807) is 37.6 Å². The second-order valence-corrected chi connectivity index (χ2v) is 10.5. The lowest BCUT2D eigenvalue weighted by Gasteiger charge is -2.19. The molecule has 2 heterocycles. The summed E-state index contributed by atoms with van der Waals surface area (Å²) in [5.41, 5.74) is 1.40. The molecular formula is C24H23N3O5S2. The number of hydrogen-bond donors (Lipinski definition) is 0. The number of carbonyl (C=O) groups excluding carboxylic acids is 1. The summed E-state index contributed by atoms with van der Waals surface area (Å²) in [6.07, 6.45) is 1.45. The fraction of sp³-hybridized carbons (Fsp3) is 0.208. The monoisotopic (exact) mass is 497 g/mol. The van der Waals surface area contributed by atoms with Crippen molar-refractivity contribution in [2.75, 3.05) is 24.9 Å². The van der Waals surface area contributed by atoms with E-state index in [0.29, 0.717) is 22.3 Å². The third-order valence-electron chi connectivity index (χ3n) is 5.17. The van der Waals surface area contributed by atoms with Crippen LogP contribution < -0.4 is 14.4 Å². The standard InChI is InChI=1S/C24H23N3O5S2/c1-31-18-6-9-20(10-7-18)34(29,30)14-12-23(28)27(16-17-5-3-4-13-25-17)24-26-21-11-8-19(32-2)15-22(21)33-24/h3-11,13,15H,12,14,16H2,1-2H3. The first-order valence-corrected chi connectivity index (χ1v) is 12.9. The van der Waals surface area contributed by atoms with Crippen molar-refractivity contribution in [1.82, 2.24) is 9.97 Å². The smallest absolute Gasteiger partial charge is 0.230 e. The van der Waals surface area contributed by atoms with Crippen LogP contribution >= 0.6 is 11.3 Å². The van der Waals surface area contributed by atoms with Gasteiger partial charge in [-0.15, -0.1) is 0 Å². The Hall–Kier alpha value is -3.50. The zero-order chi connectivity index (χ0) is 24.1. The molecule has 0 aliphatic carbocycles. The van der Waals surface area contributed by atoms with Gasteiger partial charge in [0.25, 0.3) is 0 Å². The van der Waals surface area contributed by atoms with Gasteiger partial charge in [0, 0.05) is 12.6 Å². The predicted molar refractivity (Wildman–Crippen MR) is 131 cm³/mol. The van der Waals surface area contributed by atoms with Crippen LogP contribution in [-0.2, 0) is 21.2 Å². The minimum absolute atomic E-state index is 0.143. The Bertz CT molecular complexity index is 1390. The molecule has 0 unspecified atom stereocenters. The molecule has 176 valence electrons. The zero-order valence-corrected chi connectivity index (χ0v) is 20.3. The lowest BCUT2D eigenvalue weighted by atomic mass is 10.3. The van der Waals surface area contributed by atoms with Gasteiger partial charge in [-0.3, -0.25) is 14.7 Å². The lowest BCUT2D eigenvalue weighted by Crippen LogP contribution is -2.32. The van der Waals surface area contributed by atoms with E-state index >= 15 is 0 Å². The van der Waals surface area contributed by atoms with Crippen molar-refractivity contribution in [3.05, 3.63) is 72.6 Å². The molecule has 0 saturated heterocycles. The number of fused-ring (bicyclic) bond motifs is 1. The van der Waals surface area contributed by atoms with Crippen molar-refractivity contribution < 1.29 is 22.7 Å². The van der Waals surface area contributed by atoms with Crippen molar-refractivity contribution >= 4 is 42.4 Å². The highest BCUT2D eigenvalue weighted by atomic mass is 32.2. The van der Waals surface area contributed by atoms with Crippen molar-refractivity contribution in [2.45, 2.75) is 17.9 Å². The summed E-state index contributed by atoms with van der Waals surface area (Å²) in [6, 6.07) is 17.0. The Morgan fingerprint density at radius 2 is 1.74 bits per heavy atom. The SMILES string of the molecule is COc1ccc(S(=O)(=O)CCC(=O)N(Cc2ccccn2)c2nc3ccc(OC)cc3s2)cc1. The molecule has 0 spiro atoms. The van der Waals surface area contributed by atoms with Gasteiger partial charge < -0.3 is 9.47 Å². The highest BCUT2D eigenvalue weighted by molar-refractivity contribution is 7.91. The summed E-state index contributed by atoms with van der Waals surface area (Å²) >= 11 is 1.34. The summed E-state index contributed by atoms with van der Waals surface area (Å²) in [4.78, 5) is 23.8. The number of methoxy groups -OCH3 is 2. The van der Waals surface area contributed by atoms with Gasteiger partial charge in [-0.05, 0) is 54.6 Å². The van der Waals surface area contributed by atoms with Crippen LogP contribution in [0.25, 0.3) is 10.2 Å². The van der Waals surface area contributed by atoms with Gasteiger partial charge in [-0.2, -0.15) is 0 Å². The molecule has 10 heteroatoms. The molecule has 34 heavy (non-hydrogen) atoms. The molecule has 0 saturated carbocycles. The number of rotatable bonds is 9. The molecule has 2 aromatic carbocycles. The summed E-state index contributed by atoms with van der Waals surface area (Å²) in [5, 5.41) is 0.473. The van der Waals surface area contributed by atoms with Crippen LogP contribution in [0.15, 0.2) is 71.8 Å². The van der Waals surface area contributed by atoms with Crippen molar-refractivity contribution in [3.8, 4) is 11.5 Å². The number of sulfone groups is 1. The third kappa shape index (κ3) is 5.35. The maximum atomic E-state index is 13.3. The number of amides is 1. The molecule has 0 bridgehead atoms. The number of thiazole rings is 1. The van der Waals surface area contributed by atoms with E-state index in [1.807, 2.05) is 24.3 Å². The second kappa shape index (κ2) is 10.2. The van der Waals surface area contributed by atoms with E-state index in [9.17, 15) is 13.2 Å². The Morgan fingerprint density at radius 3 is 2.41 bits per heavy atom. The first kappa shape index (κ1) is 23.7. The Labute approximate surface area is 201 Å². The molecular weight excluding hydrogens is 474 g/mol. The Balaban J connectivity index is 1.58. The minimum Gasteiger partial charge on any atom is -0.497 e. The molecule has 1 amide bonds. The van der Waals surface area contributed by atoms with E-state index in [-0.39, 0.29) is 29.5 Å². The summed E-state index contributed by atoms with van der Waals surface area (Å²) in [5.74, 6) is 0.573. The first-order valence-electron chi connectivity index (χ1n) is 10.4. The maximum absolute atomic E-state index is 13.3. The van der Waals surface area contributed by atoms with Crippen LogP contribution in [0.5, 0.6) is 11.5 Å². The van der Waals surface area contributed by atoms with Gasteiger partial charge >= 0.3 is 0 Å². The molecule has 0 aliphatic rings. The van der Waals surface area contributed by atoms with Crippen LogP contribution in [-0.4, -0.2) is 44.3 Å². The van der Waals surface area contributed by atoms with E-state index in [4.69, 9.17) is 9.47 Å². The number of carbonyl (C=O) groups is 1. The van der Waals surface area contributed by atoms with Crippen LogP contribution in [0.4, 0.5) is 5.13 Å². The third-order valence-corrected chi connectivity index (χ3v) is 7.94. The van der Waals surface area contributed by atoms with Crippen LogP contribution in [0, 0.1) is 0 Å². The molecule has 8 nitrogen and oxygen atoms in total. The maximum Gasteiger partial charge on any atom is 0.230 e. The van der Waals surface area contributed by atoms with Gasteiger partial charge in [-0.25, -0.2) is 13.4 Å². The first-order chi connectivity index (χ1) is 16.4.